The van der Waals surface area contributed by atoms with E-state index in [-0.39, 0.29) is 5.91 Å². The fraction of sp³-hybridized carbons (Fsp3) is 0.235. The molecule has 0 fully saturated rings. The molecule has 0 radical (unpaired) electrons. The van der Waals surface area contributed by atoms with Crippen LogP contribution in [0.4, 0.5) is 5.69 Å². The SMILES string of the molecule is Cc1cccc(CNC(=O)CCNc2cccc(Cl)c2)c1. The molecule has 0 aliphatic rings. The number of carbonyl (C=O) groups excluding carboxylic acids is 1. The van der Waals surface area contributed by atoms with Gasteiger partial charge in [0.05, 0.1) is 0 Å². The maximum atomic E-state index is 11.8. The molecule has 2 aromatic rings. The molecule has 0 aliphatic carbocycles. The second-order valence-electron chi connectivity index (χ2n) is 4.95. The maximum Gasteiger partial charge on any atom is 0.222 e. The highest BCUT2D eigenvalue weighted by Crippen LogP contribution is 2.14. The molecule has 0 unspecified atom stereocenters. The number of halogens is 1. The largest absolute Gasteiger partial charge is 0.384 e. The van der Waals surface area contributed by atoms with E-state index >= 15 is 0 Å². The summed E-state index contributed by atoms with van der Waals surface area (Å²) in [6.45, 7) is 3.19. The van der Waals surface area contributed by atoms with Gasteiger partial charge in [0.25, 0.3) is 0 Å². The summed E-state index contributed by atoms with van der Waals surface area (Å²) in [5.41, 5.74) is 3.24. The van der Waals surface area contributed by atoms with E-state index in [2.05, 4.69) is 16.7 Å². The van der Waals surface area contributed by atoms with E-state index in [1.54, 1.807) is 0 Å². The zero-order chi connectivity index (χ0) is 15.1. The van der Waals surface area contributed by atoms with Crippen molar-refractivity contribution in [1.82, 2.24) is 5.32 Å². The molecular weight excluding hydrogens is 284 g/mol. The lowest BCUT2D eigenvalue weighted by atomic mass is 10.1. The second-order valence-corrected chi connectivity index (χ2v) is 5.39. The Hall–Kier alpha value is -2.00. The summed E-state index contributed by atoms with van der Waals surface area (Å²) >= 11 is 5.90. The van der Waals surface area contributed by atoms with Crippen molar-refractivity contribution in [2.24, 2.45) is 0 Å². The van der Waals surface area contributed by atoms with Crippen molar-refractivity contribution < 1.29 is 4.79 Å². The van der Waals surface area contributed by atoms with Crippen LogP contribution in [0.2, 0.25) is 5.02 Å². The summed E-state index contributed by atoms with van der Waals surface area (Å²) in [5.74, 6) is 0.0334. The van der Waals surface area contributed by atoms with Gasteiger partial charge in [0.2, 0.25) is 5.91 Å². The summed E-state index contributed by atoms with van der Waals surface area (Å²) in [4.78, 5) is 11.8. The van der Waals surface area contributed by atoms with E-state index in [0.717, 1.165) is 11.3 Å². The number of nitrogens with one attached hydrogen (secondary N) is 2. The minimum atomic E-state index is 0.0334. The van der Waals surface area contributed by atoms with Gasteiger partial charge in [-0.2, -0.15) is 0 Å². The van der Waals surface area contributed by atoms with Crippen molar-refractivity contribution in [2.45, 2.75) is 19.9 Å². The third-order valence-corrected chi connectivity index (χ3v) is 3.31. The molecule has 0 saturated heterocycles. The molecule has 0 spiro atoms. The van der Waals surface area contributed by atoms with Crippen LogP contribution in [-0.4, -0.2) is 12.5 Å². The van der Waals surface area contributed by atoms with Crippen molar-refractivity contribution >= 4 is 23.2 Å². The Balaban J connectivity index is 1.70. The monoisotopic (exact) mass is 302 g/mol. The number of benzene rings is 2. The van der Waals surface area contributed by atoms with E-state index in [1.807, 2.05) is 49.4 Å². The van der Waals surface area contributed by atoms with Crippen LogP contribution >= 0.6 is 11.6 Å². The highest BCUT2D eigenvalue weighted by atomic mass is 35.5. The van der Waals surface area contributed by atoms with E-state index in [1.165, 1.54) is 5.56 Å². The van der Waals surface area contributed by atoms with Crippen molar-refractivity contribution in [3.05, 3.63) is 64.7 Å². The molecule has 2 N–H and O–H groups in total. The maximum absolute atomic E-state index is 11.8. The molecule has 0 bridgehead atoms. The summed E-state index contributed by atoms with van der Waals surface area (Å²) < 4.78 is 0. The average Bonchev–Trinajstić information content (AvgIpc) is 2.45. The zero-order valence-corrected chi connectivity index (χ0v) is 12.8. The molecule has 0 aliphatic heterocycles. The number of aryl methyl sites for hydroxylation is 1. The molecule has 4 heteroatoms. The van der Waals surface area contributed by atoms with Gasteiger partial charge in [-0.05, 0) is 30.7 Å². The van der Waals surface area contributed by atoms with E-state index < -0.39 is 0 Å². The molecule has 110 valence electrons. The van der Waals surface area contributed by atoms with Crippen LogP contribution in [0.15, 0.2) is 48.5 Å². The fourth-order valence-electron chi connectivity index (χ4n) is 2.03. The van der Waals surface area contributed by atoms with E-state index in [0.29, 0.717) is 24.5 Å². The Morgan fingerprint density at radius 1 is 1.14 bits per heavy atom. The normalized spacial score (nSPS) is 10.2. The summed E-state index contributed by atoms with van der Waals surface area (Å²) in [6.07, 6.45) is 0.429. The molecule has 2 rings (SSSR count). The third kappa shape index (κ3) is 5.48. The lowest BCUT2D eigenvalue weighted by molar-refractivity contribution is -0.121. The average molecular weight is 303 g/mol. The van der Waals surface area contributed by atoms with Gasteiger partial charge in [-0.1, -0.05) is 47.5 Å². The minimum Gasteiger partial charge on any atom is -0.384 e. The molecule has 0 saturated carbocycles. The first kappa shape index (κ1) is 15.4. The van der Waals surface area contributed by atoms with Gasteiger partial charge in [0.15, 0.2) is 0 Å². The highest BCUT2D eigenvalue weighted by molar-refractivity contribution is 6.30. The van der Waals surface area contributed by atoms with Crippen molar-refractivity contribution in [3.63, 3.8) is 0 Å². The Morgan fingerprint density at radius 2 is 1.95 bits per heavy atom. The number of rotatable bonds is 6. The first-order chi connectivity index (χ1) is 10.1. The molecule has 0 atom stereocenters. The minimum absolute atomic E-state index is 0.0334. The van der Waals surface area contributed by atoms with Crippen LogP contribution < -0.4 is 10.6 Å². The molecule has 3 nitrogen and oxygen atoms in total. The van der Waals surface area contributed by atoms with Gasteiger partial charge in [-0.15, -0.1) is 0 Å². The molecule has 0 aromatic heterocycles. The topological polar surface area (TPSA) is 41.1 Å². The standard InChI is InChI=1S/C17H19ClN2O/c1-13-4-2-5-14(10-13)12-20-17(21)8-9-19-16-7-3-6-15(18)11-16/h2-7,10-11,19H,8-9,12H2,1H3,(H,20,21). The number of carbonyl (C=O) groups is 1. The lowest BCUT2D eigenvalue weighted by Gasteiger charge is -2.08. The second kappa shape index (κ2) is 7.70. The van der Waals surface area contributed by atoms with Gasteiger partial charge >= 0.3 is 0 Å². The van der Waals surface area contributed by atoms with Crippen LogP contribution in [0, 0.1) is 6.92 Å². The van der Waals surface area contributed by atoms with Crippen molar-refractivity contribution in [1.29, 1.82) is 0 Å². The van der Waals surface area contributed by atoms with Crippen LogP contribution in [0.25, 0.3) is 0 Å². The van der Waals surface area contributed by atoms with Crippen molar-refractivity contribution in [3.8, 4) is 0 Å². The predicted molar refractivity (Wildman–Crippen MR) is 87.6 cm³/mol. The Labute approximate surface area is 130 Å². The Bertz CT molecular complexity index is 613. The van der Waals surface area contributed by atoms with Crippen LogP contribution in [-0.2, 0) is 11.3 Å². The van der Waals surface area contributed by atoms with Gasteiger partial charge in [-0.25, -0.2) is 0 Å². The Morgan fingerprint density at radius 3 is 2.71 bits per heavy atom. The number of amides is 1. The van der Waals surface area contributed by atoms with Crippen LogP contribution in [0.1, 0.15) is 17.5 Å². The number of hydrogen-bond donors (Lipinski definition) is 2. The van der Waals surface area contributed by atoms with Gasteiger partial charge < -0.3 is 10.6 Å². The summed E-state index contributed by atoms with van der Waals surface area (Å²) in [6, 6.07) is 15.6. The molecule has 0 heterocycles. The number of hydrogen-bond acceptors (Lipinski definition) is 2. The predicted octanol–water partition coefficient (Wildman–Crippen LogP) is 3.77. The highest BCUT2D eigenvalue weighted by Gasteiger charge is 2.01. The summed E-state index contributed by atoms with van der Waals surface area (Å²) in [5, 5.41) is 6.78. The van der Waals surface area contributed by atoms with Gasteiger partial charge in [-0.3, -0.25) is 4.79 Å². The molecular formula is C17H19ClN2O. The third-order valence-electron chi connectivity index (χ3n) is 3.08. The summed E-state index contributed by atoms with van der Waals surface area (Å²) in [7, 11) is 0. The lowest BCUT2D eigenvalue weighted by Crippen LogP contribution is -2.24. The van der Waals surface area contributed by atoms with E-state index in [4.69, 9.17) is 11.6 Å². The molecule has 2 aromatic carbocycles. The van der Waals surface area contributed by atoms with Gasteiger partial charge in [0, 0.05) is 30.2 Å². The van der Waals surface area contributed by atoms with Crippen LogP contribution in [0.3, 0.4) is 0 Å². The fourth-order valence-corrected chi connectivity index (χ4v) is 2.22. The quantitative estimate of drug-likeness (QED) is 0.853. The van der Waals surface area contributed by atoms with Crippen molar-refractivity contribution in [2.75, 3.05) is 11.9 Å². The first-order valence-electron chi connectivity index (χ1n) is 6.95. The molecule has 21 heavy (non-hydrogen) atoms. The Kier molecular flexibility index (Phi) is 5.64. The first-order valence-corrected chi connectivity index (χ1v) is 7.33. The van der Waals surface area contributed by atoms with E-state index in [9.17, 15) is 4.79 Å². The zero-order valence-electron chi connectivity index (χ0n) is 12.0. The van der Waals surface area contributed by atoms with Gasteiger partial charge in [0.1, 0.15) is 0 Å². The van der Waals surface area contributed by atoms with Crippen LogP contribution in [0.5, 0.6) is 0 Å². The smallest absolute Gasteiger partial charge is 0.222 e. The number of anilines is 1. The molecule has 1 amide bonds.